The van der Waals surface area contributed by atoms with Crippen LogP contribution in [0, 0.1) is 5.92 Å². The van der Waals surface area contributed by atoms with E-state index in [1.54, 1.807) is 0 Å². The molecule has 0 bridgehead atoms. The maximum atomic E-state index is 11.8. The SMILES string of the molecule is CC(C)C(C)NC(=O)CN1CC(O)CC1C(=O)O. The number of likely N-dealkylation sites (tertiary alicyclic amines) is 1. The number of β-amino-alcohol motifs (C(OH)–C–C–N with tert-alkyl or cyclic N) is 1. The summed E-state index contributed by atoms with van der Waals surface area (Å²) in [6.45, 7) is 6.18. The molecule has 1 heterocycles. The number of carboxylic acid groups (broad SMARTS) is 1. The number of carboxylic acids is 1. The quantitative estimate of drug-likeness (QED) is 0.628. The van der Waals surface area contributed by atoms with Crippen molar-refractivity contribution in [3.05, 3.63) is 0 Å². The highest BCUT2D eigenvalue weighted by molar-refractivity contribution is 5.80. The topological polar surface area (TPSA) is 89.9 Å². The lowest BCUT2D eigenvalue weighted by molar-refractivity contribution is -0.142. The van der Waals surface area contributed by atoms with Gasteiger partial charge in [-0.05, 0) is 12.8 Å². The lowest BCUT2D eigenvalue weighted by atomic mass is 10.1. The molecule has 3 atom stereocenters. The summed E-state index contributed by atoms with van der Waals surface area (Å²) >= 11 is 0. The Morgan fingerprint density at radius 2 is 2.00 bits per heavy atom. The summed E-state index contributed by atoms with van der Waals surface area (Å²) < 4.78 is 0. The minimum Gasteiger partial charge on any atom is -0.480 e. The van der Waals surface area contributed by atoms with Crippen LogP contribution >= 0.6 is 0 Å². The molecule has 0 spiro atoms. The van der Waals surface area contributed by atoms with Gasteiger partial charge in [0.1, 0.15) is 6.04 Å². The van der Waals surface area contributed by atoms with Crippen LogP contribution in [0.1, 0.15) is 27.2 Å². The zero-order valence-electron chi connectivity index (χ0n) is 11.1. The molecule has 1 rings (SSSR count). The molecular formula is C12H22N2O4. The number of aliphatic hydroxyl groups is 1. The molecule has 0 aliphatic carbocycles. The van der Waals surface area contributed by atoms with Crippen molar-refractivity contribution in [3.63, 3.8) is 0 Å². The highest BCUT2D eigenvalue weighted by atomic mass is 16.4. The summed E-state index contributed by atoms with van der Waals surface area (Å²) in [4.78, 5) is 24.3. The van der Waals surface area contributed by atoms with E-state index in [1.165, 1.54) is 4.90 Å². The van der Waals surface area contributed by atoms with Crippen LogP contribution in [0.4, 0.5) is 0 Å². The third-order valence-corrected chi connectivity index (χ3v) is 3.40. The van der Waals surface area contributed by atoms with Crippen LogP contribution < -0.4 is 5.32 Å². The average molecular weight is 258 g/mol. The number of nitrogens with one attached hydrogen (secondary N) is 1. The molecule has 0 aromatic carbocycles. The van der Waals surface area contributed by atoms with Crippen LogP contribution in [0.2, 0.25) is 0 Å². The third-order valence-electron chi connectivity index (χ3n) is 3.40. The van der Waals surface area contributed by atoms with Gasteiger partial charge in [0.25, 0.3) is 0 Å². The molecule has 3 unspecified atom stereocenters. The van der Waals surface area contributed by atoms with E-state index in [2.05, 4.69) is 5.32 Å². The fourth-order valence-corrected chi connectivity index (χ4v) is 1.96. The molecule has 1 fully saturated rings. The lowest BCUT2D eigenvalue weighted by Crippen LogP contribution is -2.46. The number of hydrogen-bond donors (Lipinski definition) is 3. The molecule has 1 amide bonds. The Hall–Kier alpha value is -1.14. The van der Waals surface area contributed by atoms with Gasteiger partial charge in [0.15, 0.2) is 0 Å². The molecule has 1 aliphatic rings. The summed E-state index contributed by atoms with van der Waals surface area (Å²) in [5.41, 5.74) is 0. The highest BCUT2D eigenvalue weighted by Gasteiger charge is 2.36. The van der Waals surface area contributed by atoms with Crippen LogP contribution in [0.5, 0.6) is 0 Å². The second kappa shape index (κ2) is 6.15. The smallest absolute Gasteiger partial charge is 0.321 e. The van der Waals surface area contributed by atoms with E-state index in [4.69, 9.17) is 5.11 Å². The summed E-state index contributed by atoms with van der Waals surface area (Å²) in [5.74, 6) is -0.860. The van der Waals surface area contributed by atoms with Gasteiger partial charge in [-0.15, -0.1) is 0 Å². The molecule has 6 heteroatoms. The lowest BCUT2D eigenvalue weighted by Gasteiger charge is -2.23. The van der Waals surface area contributed by atoms with Gasteiger partial charge in [0.2, 0.25) is 5.91 Å². The molecular weight excluding hydrogens is 236 g/mol. The van der Waals surface area contributed by atoms with Gasteiger partial charge in [-0.25, -0.2) is 0 Å². The first kappa shape index (κ1) is 14.9. The molecule has 18 heavy (non-hydrogen) atoms. The summed E-state index contributed by atoms with van der Waals surface area (Å²) in [6, 6.07) is -0.714. The van der Waals surface area contributed by atoms with E-state index in [9.17, 15) is 14.7 Å². The van der Waals surface area contributed by atoms with E-state index >= 15 is 0 Å². The monoisotopic (exact) mass is 258 g/mol. The summed E-state index contributed by atoms with van der Waals surface area (Å²) in [7, 11) is 0. The number of carbonyl (C=O) groups is 2. The molecule has 0 saturated carbocycles. The standard InChI is InChI=1S/C12H22N2O4/c1-7(2)8(3)13-11(16)6-14-5-9(15)4-10(14)12(17)18/h7-10,15H,4-6H2,1-3H3,(H,13,16)(H,17,18). The Morgan fingerprint density at radius 3 is 2.50 bits per heavy atom. The number of aliphatic carboxylic acids is 1. The fourth-order valence-electron chi connectivity index (χ4n) is 1.96. The normalized spacial score (nSPS) is 26.3. The molecule has 0 aromatic rings. The summed E-state index contributed by atoms with van der Waals surface area (Å²) in [5, 5.41) is 21.3. The zero-order valence-corrected chi connectivity index (χ0v) is 11.1. The molecule has 1 saturated heterocycles. The van der Waals surface area contributed by atoms with E-state index < -0.39 is 18.1 Å². The van der Waals surface area contributed by atoms with E-state index in [0.717, 1.165) is 0 Å². The van der Waals surface area contributed by atoms with E-state index in [-0.39, 0.29) is 31.5 Å². The fraction of sp³-hybridized carbons (Fsp3) is 0.833. The highest BCUT2D eigenvalue weighted by Crippen LogP contribution is 2.17. The van der Waals surface area contributed by atoms with Crippen molar-refractivity contribution in [2.24, 2.45) is 5.92 Å². The van der Waals surface area contributed by atoms with Crippen LogP contribution in [0.25, 0.3) is 0 Å². The maximum Gasteiger partial charge on any atom is 0.321 e. The van der Waals surface area contributed by atoms with E-state index in [0.29, 0.717) is 5.92 Å². The second-order valence-electron chi connectivity index (χ2n) is 5.27. The molecule has 6 nitrogen and oxygen atoms in total. The second-order valence-corrected chi connectivity index (χ2v) is 5.27. The Balaban J connectivity index is 2.50. The number of nitrogens with zero attached hydrogens (tertiary/aromatic N) is 1. The van der Waals surface area contributed by atoms with Crippen molar-refractivity contribution < 1.29 is 19.8 Å². The number of amides is 1. The van der Waals surface area contributed by atoms with Gasteiger partial charge in [0.05, 0.1) is 12.6 Å². The van der Waals surface area contributed by atoms with Crippen LogP contribution in [-0.4, -0.2) is 58.3 Å². The van der Waals surface area contributed by atoms with Crippen LogP contribution in [0.3, 0.4) is 0 Å². The molecule has 1 aliphatic heterocycles. The van der Waals surface area contributed by atoms with Gasteiger partial charge >= 0.3 is 5.97 Å². The zero-order chi connectivity index (χ0) is 13.9. The Morgan fingerprint density at radius 1 is 1.39 bits per heavy atom. The van der Waals surface area contributed by atoms with Crippen molar-refractivity contribution in [3.8, 4) is 0 Å². The third kappa shape index (κ3) is 3.96. The number of rotatable bonds is 5. The predicted octanol–water partition coefficient (Wildman–Crippen LogP) is -0.333. The van der Waals surface area contributed by atoms with Gasteiger partial charge < -0.3 is 15.5 Å². The first-order chi connectivity index (χ1) is 8.31. The summed E-state index contributed by atoms with van der Waals surface area (Å²) in [6.07, 6.45) is -0.482. The first-order valence-electron chi connectivity index (χ1n) is 6.25. The van der Waals surface area contributed by atoms with Crippen molar-refractivity contribution in [2.45, 2.75) is 45.4 Å². The Bertz CT molecular complexity index is 319. The number of aliphatic hydroxyl groups excluding tert-OH is 1. The van der Waals surface area contributed by atoms with Gasteiger partial charge in [-0.2, -0.15) is 0 Å². The molecule has 104 valence electrons. The van der Waals surface area contributed by atoms with Crippen LogP contribution in [0.15, 0.2) is 0 Å². The molecule has 0 aromatic heterocycles. The van der Waals surface area contributed by atoms with Crippen molar-refractivity contribution in [2.75, 3.05) is 13.1 Å². The Labute approximate surface area is 107 Å². The minimum absolute atomic E-state index is 0.0189. The molecule has 3 N–H and O–H groups in total. The van der Waals surface area contributed by atoms with E-state index in [1.807, 2.05) is 20.8 Å². The van der Waals surface area contributed by atoms with Gasteiger partial charge in [-0.1, -0.05) is 13.8 Å². The Kier molecular flexibility index (Phi) is 5.10. The molecule has 0 radical (unpaired) electrons. The van der Waals surface area contributed by atoms with Crippen molar-refractivity contribution in [1.82, 2.24) is 10.2 Å². The first-order valence-corrected chi connectivity index (χ1v) is 6.25. The minimum atomic E-state index is -0.990. The van der Waals surface area contributed by atoms with Crippen LogP contribution in [-0.2, 0) is 9.59 Å². The van der Waals surface area contributed by atoms with Crippen molar-refractivity contribution >= 4 is 11.9 Å². The number of hydrogen-bond acceptors (Lipinski definition) is 4. The maximum absolute atomic E-state index is 11.8. The largest absolute Gasteiger partial charge is 0.480 e. The predicted molar refractivity (Wildman–Crippen MR) is 66.1 cm³/mol. The van der Waals surface area contributed by atoms with Gasteiger partial charge in [0, 0.05) is 19.0 Å². The number of carbonyl (C=O) groups excluding carboxylic acids is 1. The van der Waals surface area contributed by atoms with Gasteiger partial charge in [-0.3, -0.25) is 14.5 Å². The average Bonchev–Trinajstić information content (AvgIpc) is 2.58. The van der Waals surface area contributed by atoms with Crippen molar-refractivity contribution in [1.29, 1.82) is 0 Å².